The van der Waals surface area contributed by atoms with Crippen LogP contribution in [-0.4, -0.2) is 35.7 Å². The van der Waals surface area contributed by atoms with Gasteiger partial charge in [-0.25, -0.2) is 4.79 Å². The summed E-state index contributed by atoms with van der Waals surface area (Å²) in [5, 5.41) is 13.9. The van der Waals surface area contributed by atoms with Gasteiger partial charge < -0.3 is 15.7 Å². The van der Waals surface area contributed by atoms with E-state index in [9.17, 15) is 18.0 Å². The van der Waals surface area contributed by atoms with E-state index in [2.05, 4.69) is 66.9 Å². The summed E-state index contributed by atoms with van der Waals surface area (Å²) >= 11 is 0. The van der Waals surface area contributed by atoms with Crippen molar-refractivity contribution in [3.8, 4) is 11.1 Å². The molecule has 1 aliphatic rings. The van der Waals surface area contributed by atoms with Crippen LogP contribution in [0.1, 0.15) is 61.0 Å². The van der Waals surface area contributed by atoms with E-state index in [1.165, 1.54) is 36.8 Å². The number of carboxylic acids is 1. The molecule has 214 valence electrons. The Morgan fingerprint density at radius 1 is 0.875 bits per heavy atom. The molecule has 0 spiro atoms. The van der Waals surface area contributed by atoms with Crippen LogP contribution in [0.2, 0.25) is 0 Å². The quantitative estimate of drug-likeness (QED) is 0.280. The van der Waals surface area contributed by atoms with Gasteiger partial charge in [-0.15, -0.1) is 0 Å². The fraction of sp³-hybridized carbons (Fsp3) is 0.375. The molecule has 0 unspecified atom stereocenters. The van der Waals surface area contributed by atoms with E-state index in [1.807, 2.05) is 36.4 Å². The molecule has 3 aromatic rings. The van der Waals surface area contributed by atoms with Gasteiger partial charge in [0.05, 0.1) is 0 Å². The summed E-state index contributed by atoms with van der Waals surface area (Å²) in [7, 11) is 0. The van der Waals surface area contributed by atoms with Crippen molar-refractivity contribution in [1.29, 1.82) is 0 Å². The lowest BCUT2D eigenvalue weighted by molar-refractivity contribution is -0.192. The van der Waals surface area contributed by atoms with E-state index in [-0.39, 0.29) is 5.91 Å². The first kappa shape index (κ1) is 30.9. The van der Waals surface area contributed by atoms with E-state index < -0.39 is 12.1 Å². The van der Waals surface area contributed by atoms with Crippen LogP contribution in [-0.2, 0) is 17.8 Å². The second-order valence-corrected chi connectivity index (χ2v) is 10.9. The molecule has 0 aliphatic heterocycles. The van der Waals surface area contributed by atoms with Crippen molar-refractivity contribution in [2.75, 3.05) is 6.54 Å². The zero-order valence-corrected chi connectivity index (χ0v) is 22.9. The molecule has 3 aromatic carbocycles. The Balaban J connectivity index is 0.000000559. The van der Waals surface area contributed by atoms with Gasteiger partial charge in [-0.05, 0) is 71.9 Å². The van der Waals surface area contributed by atoms with Crippen LogP contribution < -0.4 is 10.6 Å². The second kappa shape index (κ2) is 14.1. The van der Waals surface area contributed by atoms with Crippen LogP contribution >= 0.6 is 0 Å². The summed E-state index contributed by atoms with van der Waals surface area (Å²) in [5.41, 5.74) is 5.95. The van der Waals surface area contributed by atoms with Crippen LogP contribution in [0.25, 0.3) is 11.1 Å². The number of alkyl halides is 3. The Morgan fingerprint density at radius 2 is 1.50 bits per heavy atom. The highest BCUT2D eigenvalue weighted by atomic mass is 19.4. The van der Waals surface area contributed by atoms with E-state index in [0.717, 1.165) is 24.1 Å². The molecule has 0 atom stereocenters. The smallest absolute Gasteiger partial charge is 0.475 e. The van der Waals surface area contributed by atoms with Gasteiger partial charge in [-0.1, -0.05) is 80.6 Å². The number of carbonyl (C=O) groups is 2. The van der Waals surface area contributed by atoms with E-state index >= 15 is 0 Å². The van der Waals surface area contributed by atoms with Crippen LogP contribution in [0.4, 0.5) is 13.2 Å². The molecule has 1 aliphatic carbocycles. The van der Waals surface area contributed by atoms with E-state index in [0.29, 0.717) is 23.6 Å². The zero-order chi connectivity index (χ0) is 29.2. The molecule has 1 saturated carbocycles. The Labute approximate surface area is 233 Å². The normalized spacial score (nSPS) is 15.0. The molecule has 0 saturated heterocycles. The van der Waals surface area contributed by atoms with Crippen molar-refractivity contribution in [3.05, 3.63) is 95.6 Å². The lowest BCUT2D eigenvalue weighted by Gasteiger charge is -2.34. The summed E-state index contributed by atoms with van der Waals surface area (Å²) < 4.78 is 31.7. The highest BCUT2D eigenvalue weighted by Crippen LogP contribution is 2.35. The molecular weight excluding hydrogens is 517 g/mol. The summed E-state index contributed by atoms with van der Waals surface area (Å²) in [6, 6.07) is 27.5. The van der Waals surface area contributed by atoms with Gasteiger partial charge in [0.15, 0.2) is 0 Å². The fourth-order valence-electron chi connectivity index (χ4n) is 4.59. The molecule has 0 radical (unpaired) electrons. The number of aliphatic carboxylic acids is 1. The van der Waals surface area contributed by atoms with Crippen LogP contribution in [0, 0.1) is 5.41 Å². The number of carbonyl (C=O) groups excluding carboxylic acids is 1. The topological polar surface area (TPSA) is 78.4 Å². The molecule has 0 heterocycles. The Bertz CT molecular complexity index is 1230. The minimum atomic E-state index is -5.08. The first-order valence-corrected chi connectivity index (χ1v) is 13.5. The number of amides is 1. The van der Waals surface area contributed by atoms with Gasteiger partial charge in [0, 0.05) is 24.7 Å². The molecule has 5 nitrogen and oxygen atoms in total. The third kappa shape index (κ3) is 10.2. The number of halogens is 3. The zero-order valence-electron chi connectivity index (χ0n) is 22.9. The lowest BCUT2D eigenvalue weighted by Crippen LogP contribution is -2.35. The second-order valence-electron chi connectivity index (χ2n) is 10.9. The molecule has 3 N–H and O–H groups in total. The summed E-state index contributed by atoms with van der Waals surface area (Å²) in [6.45, 7) is 6.30. The maximum Gasteiger partial charge on any atom is 0.490 e. The standard InChI is InChI=1S/C30H36N2O.C2HF3O2/c1-30(2)18-15-28(16-19-30)32-22-24-11-13-25(14-12-24)26-9-6-10-27(21-26)29(33)31-20-17-23-7-4-3-5-8-23;3-2(4,5)1(6)7/h3-14,21,28,32H,15-20,22H2,1-2H3,(H,31,33);(H,6,7). The number of carboxylic acid groups (broad SMARTS) is 1. The molecule has 1 amide bonds. The van der Waals surface area contributed by atoms with E-state index in [4.69, 9.17) is 9.90 Å². The van der Waals surface area contributed by atoms with Gasteiger partial charge in [-0.2, -0.15) is 13.2 Å². The average molecular weight is 555 g/mol. The number of hydrogen-bond acceptors (Lipinski definition) is 3. The Morgan fingerprint density at radius 3 is 2.10 bits per heavy atom. The SMILES string of the molecule is CC1(C)CCC(NCc2ccc(-c3cccc(C(=O)NCCc4ccccc4)c3)cc2)CC1.O=C(O)C(F)(F)F. The molecular formula is C32H37F3N2O3. The van der Waals surface area contributed by atoms with Gasteiger partial charge in [0.25, 0.3) is 5.91 Å². The Kier molecular flexibility index (Phi) is 10.9. The Hall–Kier alpha value is -3.65. The maximum absolute atomic E-state index is 12.6. The highest BCUT2D eigenvalue weighted by molar-refractivity contribution is 5.95. The molecule has 0 aromatic heterocycles. The minimum absolute atomic E-state index is 0.0238. The maximum atomic E-state index is 12.6. The van der Waals surface area contributed by atoms with Crippen molar-refractivity contribution >= 4 is 11.9 Å². The van der Waals surface area contributed by atoms with Gasteiger partial charge in [-0.3, -0.25) is 4.79 Å². The molecule has 0 bridgehead atoms. The predicted octanol–water partition coefficient (Wildman–Crippen LogP) is 7.02. The first-order chi connectivity index (χ1) is 18.9. The number of hydrogen-bond donors (Lipinski definition) is 3. The van der Waals surface area contributed by atoms with Crippen LogP contribution in [0.3, 0.4) is 0 Å². The third-order valence-corrected chi connectivity index (χ3v) is 7.13. The predicted molar refractivity (Wildman–Crippen MR) is 151 cm³/mol. The van der Waals surface area contributed by atoms with Crippen LogP contribution in [0.15, 0.2) is 78.9 Å². The molecule has 1 fully saturated rings. The average Bonchev–Trinajstić information content (AvgIpc) is 2.93. The van der Waals surface area contributed by atoms with Crippen molar-refractivity contribution in [2.24, 2.45) is 5.41 Å². The highest BCUT2D eigenvalue weighted by Gasteiger charge is 2.38. The summed E-state index contributed by atoms with van der Waals surface area (Å²) in [5.74, 6) is -2.78. The number of rotatable bonds is 8. The summed E-state index contributed by atoms with van der Waals surface area (Å²) in [4.78, 5) is 21.5. The van der Waals surface area contributed by atoms with Crippen LogP contribution in [0.5, 0.6) is 0 Å². The minimum Gasteiger partial charge on any atom is -0.475 e. The summed E-state index contributed by atoms with van der Waals surface area (Å²) in [6.07, 6.45) is 0.899. The van der Waals surface area contributed by atoms with Gasteiger partial charge in [0.2, 0.25) is 0 Å². The van der Waals surface area contributed by atoms with Crippen molar-refractivity contribution in [3.63, 3.8) is 0 Å². The van der Waals surface area contributed by atoms with Gasteiger partial charge in [0.1, 0.15) is 0 Å². The first-order valence-electron chi connectivity index (χ1n) is 13.5. The fourth-order valence-corrected chi connectivity index (χ4v) is 4.59. The van der Waals surface area contributed by atoms with Crippen molar-refractivity contribution in [2.45, 2.75) is 64.7 Å². The monoisotopic (exact) mass is 554 g/mol. The largest absolute Gasteiger partial charge is 0.490 e. The third-order valence-electron chi connectivity index (χ3n) is 7.13. The lowest BCUT2D eigenvalue weighted by atomic mass is 9.75. The molecule has 4 rings (SSSR count). The molecule has 8 heteroatoms. The van der Waals surface area contributed by atoms with Crippen molar-refractivity contribution in [1.82, 2.24) is 10.6 Å². The number of benzene rings is 3. The van der Waals surface area contributed by atoms with E-state index in [1.54, 1.807) is 0 Å². The van der Waals surface area contributed by atoms with Gasteiger partial charge >= 0.3 is 12.1 Å². The van der Waals surface area contributed by atoms with Crippen molar-refractivity contribution < 1.29 is 27.9 Å². The number of nitrogens with one attached hydrogen (secondary N) is 2. The molecule has 40 heavy (non-hydrogen) atoms.